The summed E-state index contributed by atoms with van der Waals surface area (Å²) in [6.07, 6.45) is 0.606. The van der Waals surface area contributed by atoms with Crippen LogP contribution in [0.15, 0.2) is 22.7 Å². The second kappa shape index (κ2) is 11.9. The number of pyridine rings is 1. The van der Waals surface area contributed by atoms with Crippen LogP contribution in [0.5, 0.6) is 0 Å². The summed E-state index contributed by atoms with van der Waals surface area (Å²) in [5, 5.41) is 0. The number of aryl methyl sites for hydroxylation is 1. The molecule has 1 heterocycles. The maximum Gasteiger partial charge on any atom is 0.410 e. The summed E-state index contributed by atoms with van der Waals surface area (Å²) in [6, 6.07) is 3.65. The summed E-state index contributed by atoms with van der Waals surface area (Å²) in [6.45, 7) is 5.33. The van der Waals surface area contributed by atoms with Crippen molar-refractivity contribution >= 4 is 36.1 Å². The molecule has 0 saturated heterocycles. The summed E-state index contributed by atoms with van der Waals surface area (Å²) in [5.41, 5.74) is 8.11. The molecule has 160 valence electrons. The Morgan fingerprint density at radius 1 is 1.24 bits per heavy atom. The van der Waals surface area contributed by atoms with Crippen LogP contribution in [-0.2, 0) is 25.6 Å². The van der Waals surface area contributed by atoms with Crippen LogP contribution in [0.3, 0.4) is 0 Å². The van der Waals surface area contributed by atoms with Gasteiger partial charge in [0.05, 0.1) is 13.2 Å². The third-order valence-corrected chi connectivity index (χ3v) is 4.95. The maximum absolute atomic E-state index is 11.7. The lowest BCUT2D eigenvalue weighted by Gasteiger charge is -2.22. The number of hydrogen-bond donors (Lipinski definition) is 1. The van der Waals surface area contributed by atoms with Gasteiger partial charge >= 0.3 is 12.1 Å². The molecule has 0 atom stereocenters. The van der Waals surface area contributed by atoms with E-state index in [1.54, 1.807) is 21.0 Å². The lowest BCUT2D eigenvalue weighted by molar-refractivity contribution is -0.140. The van der Waals surface area contributed by atoms with Gasteiger partial charge in [-0.25, -0.2) is 9.78 Å². The lowest BCUT2D eigenvalue weighted by atomic mass is 10.2. The number of carbonyl (C=O) groups is 3. The third-order valence-electron chi connectivity index (χ3n) is 3.87. The molecule has 0 radical (unpaired) electrons. The Hall–Kier alpha value is -2.75. The van der Waals surface area contributed by atoms with Gasteiger partial charge in [0.15, 0.2) is 0 Å². The van der Waals surface area contributed by atoms with Gasteiger partial charge < -0.3 is 25.0 Å². The quantitative estimate of drug-likeness (QED) is 0.346. The topological polar surface area (TPSA) is 115 Å². The average Bonchev–Trinajstić information content (AvgIpc) is 2.65. The van der Waals surface area contributed by atoms with E-state index >= 15 is 0 Å². The molecule has 0 unspecified atom stereocenters. The monoisotopic (exact) mass is 424 g/mol. The van der Waals surface area contributed by atoms with Crippen molar-refractivity contribution in [1.29, 1.82) is 0 Å². The van der Waals surface area contributed by atoms with E-state index in [2.05, 4.69) is 4.98 Å². The fourth-order valence-corrected chi connectivity index (χ4v) is 3.10. The van der Waals surface area contributed by atoms with Gasteiger partial charge in [-0.3, -0.25) is 9.59 Å². The van der Waals surface area contributed by atoms with Crippen LogP contribution >= 0.6 is 11.8 Å². The predicted molar refractivity (Wildman–Crippen MR) is 112 cm³/mol. The number of nitrogen functional groups attached to an aromatic ring is 1. The average molecular weight is 425 g/mol. The molecule has 0 bridgehead atoms. The van der Waals surface area contributed by atoms with E-state index in [9.17, 15) is 14.4 Å². The standard InChI is InChI=1S/C19H28N4O5S/c1-13-6-7-16(18(20)21-13)10-23(11-24)14(2)17(8-9-27-15(3)25)29-12-28-19(26)22(4)5/h6-7,11H,8-10,12H2,1-5H3,(H2,20,21). The highest BCUT2D eigenvalue weighted by molar-refractivity contribution is 8.02. The predicted octanol–water partition coefficient (Wildman–Crippen LogP) is 2.50. The van der Waals surface area contributed by atoms with Gasteiger partial charge in [0.25, 0.3) is 0 Å². The van der Waals surface area contributed by atoms with Gasteiger partial charge in [0.2, 0.25) is 6.41 Å². The molecule has 0 aliphatic heterocycles. The highest BCUT2D eigenvalue weighted by atomic mass is 32.2. The molecule has 1 rings (SSSR count). The van der Waals surface area contributed by atoms with Gasteiger partial charge in [-0.15, -0.1) is 0 Å². The fourth-order valence-electron chi connectivity index (χ4n) is 2.24. The van der Waals surface area contributed by atoms with Gasteiger partial charge in [-0.2, -0.15) is 0 Å². The summed E-state index contributed by atoms with van der Waals surface area (Å²) in [4.78, 5) is 42.2. The van der Waals surface area contributed by atoms with E-state index in [0.29, 0.717) is 29.9 Å². The maximum atomic E-state index is 11.7. The van der Waals surface area contributed by atoms with Crippen LogP contribution in [0.2, 0.25) is 0 Å². The lowest BCUT2D eigenvalue weighted by Crippen LogP contribution is -2.23. The zero-order valence-corrected chi connectivity index (χ0v) is 18.2. The first-order valence-electron chi connectivity index (χ1n) is 8.89. The number of rotatable bonds is 10. The van der Waals surface area contributed by atoms with Crippen molar-refractivity contribution in [2.75, 3.05) is 32.4 Å². The number of aromatic nitrogens is 1. The van der Waals surface area contributed by atoms with Crippen molar-refractivity contribution in [3.63, 3.8) is 0 Å². The molecule has 10 heteroatoms. The van der Waals surface area contributed by atoms with Gasteiger partial charge in [0.1, 0.15) is 11.8 Å². The van der Waals surface area contributed by atoms with E-state index in [4.69, 9.17) is 15.2 Å². The van der Waals surface area contributed by atoms with Crippen molar-refractivity contribution in [3.8, 4) is 0 Å². The minimum absolute atomic E-state index is 0.0602. The zero-order chi connectivity index (χ0) is 22.0. The Balaban J connectivity index is 2.98. The molecule has 0 aliphatic carbocycles. The molecular formula is C19H28N4O5S. The van der Waals surface area contributed by atoms with Crippen LogP contribution in [0, 0.1) is 6.92 Å². The molecule has 1 aromatic rings. The second-order valence-corrected chi connectivity index (χ2v) is 7.41. The number of nitrogens with zero attached hydrogens (tertiary/aromatic N) is 3. The molecule has 2 N–H and O–H groups in total. The van der Waals surface area contributed by atoms with Crippen LogP contribution in [-0.4, -0.2) is 59.9 Å². The Labute approximate surface area is 175 Å². The summed E-state index contributed by atoms with van der Waals surface area (Å²) < 4.78 is 10.2. The molecule has 0 saturated carbocycles. The smallest absolute Gasteiger partial charge is 0.410 e. The molecule has 0 fully saturated rings. The van der Waals surface area contributed by atoms with Crippen molar-refractivity contribution in [2.45, 2.75) is 33.7 Å². The SMILES string of the molecule is CC(=O)OCCC(SCOC(=O)N(C)C)=C(C)N(C=O)Cc1ccc(C)nc1N. The van der Waals surface area contributed by atoms with Gasteiger partial charge in [-0.05, 0) is 19.9 Å². The molecule has 0 spiro atoms. The number of anilines is 1. The fraction of sp³-hybridized carbons (Fsp3) is 0.474. The Morgan fingerprint density at radius 3 is 2.48 bits per heavy atom. The van der Waals surface area contributed by atoms with Crippen LogP contribution in [0.25, 0.3) is 0 Å². The minimum atomic E-state index is -0.472. The number of thioether (sulfide) groups is 1. The van der Waals surface area contributed by atoms with Crippen LogP contribution < -0.4 is 5.73 Å². The van der Waals surface area contributed by atoms with Crippen molar-refractivity contribution in [1.82, 2.24) is 14.8 Å². The minimum Gasteiger partial charge on any atom is -0.466 e. The molecule has 29 heavy (non-hydrogen) atoms. The van der Waals surface area contributed by atoms with Crippen LogP contribution in [0.1, 0.15) is 31.5 Å². The first-order chi connectivity index (χ1) is 13.6. The zero-order valence-electron chi connectivity index (χ0n) is 17.4. The molecule has 9 nitrogen and oxygen atoms in total. The Kier molecular flexibility index (Phi) is 10.0. The number of carbonyl (C=O) groups excluding carboxylic acids is 3. The summed E-state index contributed by atoms with van der Waals surface area (Å²) in [7, 11) is 3.17. The Morgan fingerprint density at radius 2 is 1.93 bits per heavy atom. The van der Waals surface area contributed by atoms with E-state index in [1.165, 1.54) is 28.5 Å². The molecule has 2 amide bonds. The van der Waals surface area contributed by atoms with Crippen molar-refractivity contribution in [3.05, 3.63) is 34.0 Å². The van der Waals surface area contributed by atoms with E-state index in [-0.39, 0.29) is 19.1 Å². The number of allylic oxidation sites excluding steroid dienone is 1. The van der Waals surface area contributed by atoms with Gasteiger partial charge in [0, 0.05) is 49.3 Å². The van der Waals surface area contributed by atoms with Crippen LogP contribution in [0.4, 0.5) is 10.6 Å². The highest BCUT2D eigenvalue weighted by Crippen LogP contribution is 2.27. The van der Waals surface area contributed by atoms with E-state index in [1.807, 2.05) is 19.1 Å². The highest BCUT2D eigenvalue weighted by Gasteiger charge is 2.15. The molecule has 0 aliphatic rings. The molecule has 1 aromatic heterocycles. The van der Waals surface area contributed by atoms with E-state index < -0.39 is 12.1 Å². The molecular weight excluding hydrogens is 396 g/mol. The number of hydrogen-bond acceptors (Lipinski definition) is 8. The van der Waals surface area contributed by atoms with E-state index in [0.717, 1.165) is 10.6 Å². The largest absolute Gasteiger partial charge is 0.466 e. The number of nitrogens with two attached hydrogens (primary N) is 1. The first kappa shape index (κ1) is 24.3. The van der Waals surface area contributed by atoms with Crippen molar-refractivity contribution in [2.24, 2.45) is 0 Å². The Bertz CT molecular complexity index is 767. The number of amides is 2. The first-order valence-corrected chi connectivity index (χ1v) is 9.88. The summed E-state index contributed by atoms with van der Waals surface area (Å²) in [5.74, 6) is 0.0282. The van der Waals surface area contributed by atoms with Crippen molar-refractivity contribution < 1.29 is 23.9 Å². The summed E-state index contributed by atoms with van der Waals surface area (Å²) >= 11 is 1.26. The normalized spacial score (nSPS) is 11.3. The third kappa shape index (κ3) is 8.43. The number of esters is 1. The second-order valence-electron chi connectivity index (χ2n) is 6.40. The number of ether oxygens (including phenoxy) is 2. The van der Waals surface area contributed by atoms with Gasteiger partial charge in [-0.1, -0.05) is 17.8 Å². The molecule has 0 aromatic carbocycles.